The van der Waals surface area contributed by atoms with Crippen molar-refractivity contribution in [2.24, 2.45) is 0 Å². The van der Waals surface area contributed by atoms with Crippen molar-refractivity contribution in [1.29, 1.82) is 0 Å². The minimum Gasteiger partial charge on any atom is -0.484 e. The van der Waals surface area contributed by atoms with Gasteiger partial charge in [-0.15, -0.1) is 0 Å². The van der Waals surface area contributed by atoms with Crippen molar-refractivity contribution in [2.45, 2.75) is 41.5 Å². The van der Waals surface area contributed by atoms with E-state index in [2.05, 4.69) is 10.6 Å². The van der Waals surface area contributed by atoms with Gasteiger partial charge in [-0.1, -0.05) is 29.8 Å². The number of amides is 1. The first-order valence-corrected chi connectivity index (χ1v) is 11.9. The van der Waals surface area contributed by atoms with E-state index >= 15 is 0 Å². The summed E-state index contributed by atoms with van der Waals surface area (Å²) in [4.78, 5) is 12.3. The van der Waals surface area contributed by atoms with Crippen molar-refractivity contribution in [3.8, 4) is 5.75 Å². The second kappa shape index (κ2) is 7.74. The molecule has 31 heavy (non-hydrogen) atoms. The molecule has 0 heterocycles. The molecule has 0 spiro atoms. The quantitative estimate of drug-likeness (QED) is 0.514. The van der Waals surface area contributed by atoms with Gasteiger partial charge in [0.25, 0.3) is 5.91 Å². The summed E-state index contributed by atoms with van der Waals surface area (Å²) in [5, 5.41) is 16.6. The fraction of sp³-hybridized carbons (Fsp3) is 0.381. The Labute approximate surface area is 184 Å². The Morgan fingerprint density at radius 2 is 1.90 bits per heavy atom. The minimum atomic E-state index is -3.47. The Morgan fingerprint density at radius 3 is 2.55 bits per heavy atom. The zero-order chi connectivity index (χ0) is 22.4. The zero-order valence-corrected chi connectivity index (χ0v) is 18.3. The Balaban J connectivity index is 1.29. The van der Waals surface area contributed by atoms with Crippen LogP contribution in [0, 0.1) is 5.82 Å². The SMILES string of the molecule is CS(=O)(=O)c1ccccc1C(O)NC12CC(NC(=O)COc3ccc(Cl)c(F)c3)(C1)C2. The smallest absolute Gasteiger partial charge is 0.258 e. The number of hydrogen-bond donors (Lipinski definition) is 3. The second-order valence-corrected chi connectivity index (χ2v) is 10.8. The summed E-state index contributed by atoms with van der Waals surface area (Å²) in [5.74, 6) is -0.741. The summed E-state index contributed by atoms with van der Waals surface area (Å²) in [6.07, 6.45) is 1.80. The maximum Gasteiger partial charge on any atom is 0.258 e. The number of carbonyl (C=O) groups excluding carboxylic acids is 1. The molecule has 2 bridgehead atoms. The molecule has 166 valence electrons. The van der Waals surface area contributed by atoms with Gasteiger partial charge in [-0.3, -0.25) is 10.1 Å². The van der Waals surface area contributed by atoms with Crippen LogP contribution in [0.25, 0.3) is 0 Å². The maximum atomic E-state index is 13.4. The van der Waals surface area contributed by atoms with E-state index in [1.807, 2.05) is 0 Å². The first-order chi connectivity index (χ1) is 14.5. The van der Waals surface area contributed by atoms with E-state index in [1.54, 1.807) is 18.2 Å². The molecule has 0 aromatic heterocycles. The average Bonchev–Trinajstić information content (AvgIpc) is 2.65. The summed E-state index contributed by atoms with van der Waals surface area (Å²) in [5.41, 5.74) is -0.414. The van der Waals surface area contributed by atoms with Crippen molar-refractivity contribution in [3.05, 3.63) is 58.9 Å². The summed E-state index contributed by atoms with van der Waals surface area (Å²) in [7, 11) is -3.47. The number of aliphatic hydroxyl groups is 1. The highest BCUT2D eigenvalue weighted by molar-refractivity contribution is 7.90. The minimum absolute atomic E-state index is 0.0233. The van der Waals surface area contributed by atoms with Crippen LogP contribution in [-0.2, 0) is 14.6 Å². The molecule has 1 unspecified atom stereocenters. The maximum absolute atomic E-state index is 13.4. The molecule has 3 N–H and O–H groups in total. The van der Waals surface area contributed by atoms with Crippen molar-refractivity contribution in [2.75, 3.05) is 12.9 Å². The number of hydrogen-bond acceptors (Lipinski definition) is 6. The van der Waals surface area contributed by atoms with E-state index in [1.165, 1.54) is 18.2 Å². The molecule has 1 amide bonds. The standard InChI is InChI=1S/C21H22ClFN2O5S/c1-31(28,29)17-5-3-2-4-14(17)19(27)25-21-10-20(11-21,12-21)24-18(26)9-30-13-6-7-15(22)16(23)8-13/h2-8,19,25,27H,9-12H2,1H3,(H,24,26). The predicted molar refractivity (Wildman–Crippen MR) is 112 cm³/mol. The largest absolute Gasteiger partial charge is 0.484 e. The van der Waals surface area contributed by atoms with Gasteiger partial charge in [0.1, 0.15) is 17.8 Å². The third kappa shape index (κ3) is 4.41. The van der Waals surface area contributed by atoms with Gasteiger partial charge in [0.2, 0.25) is 0 Å². The van der Waals surface area contributed by atoms with Gasteiger partial charge < -0.3 is 15.2 Å². The number of ether oxygens (including phenoxy) is 1. The second-order valence-electron chi connectivity index (χ2n) is 8.36. The van der Waals surface area contributed by atoms with Gasteiger partial charge in [0, 0.05) is 29.0 Å². The average molecular weight is 469 g/mol. The van der Waals surface area contributed by atoms with Crippen LogP contribution in [0.3, 0.4) is 0 Å². The molecule has 0 aliphatic heterocycles. The molecular formula is C21H22ClFN2O5S. The lowest BCUT2D eigenvalue weighted by molar-refractivity contribution is -0.151. The number of rotatable bonds is 8. The van der Waals surface area contributed by atoms with Gasteiger partial charge in [-0.2, -0.15) is 0 Å². The lowest BCUT2D eigenvalue weighted by Crippen LogP contribution is -2.83. The van der Waals surface area contributed by atoms with Crippen LogP contribution in [0.4, 0.5) is 4.39 Å². The van der Waals surface area contributed by atoms with Crippen LogP contribution < -0.4 is 15.4 Å². The summed E-state index contributed by atoms with van der Waals surface area (Å²) in [6.45, 7) is -0.256. The lowest BCUT2D eigenvalue weighted by atomic mass is 9.44. The number of nitrogens with one attached hydrogen (secondary N) is 2. The van der Waals surface area contributed by atoms with Crippen molar-refractivity contribution < 1.29 is 27.4 Å². The first-order valence-electron chi connectivity index (χ1n) is 9.65. The van der Waals surface area contributed by atoms with Crippen LogP contribution in [0.5, 0.6) is 5.75 Å². The Kier molecular flexibility index (Phi) is 5.49. The molecule has 2 aromatic carbocycles. The fourth-order valence-corrected chi connectivity index (χ4v) is 5.58. The Bertz CT molecular complexity index is 1120. The third-order valence-corrected chi connectivity index (χ3v) is 7.23. The van der Waals surface area contributed by atoms with Crippen molar-refractivity contribution >= 4 is 27.3 Å². The van der Waals surface area contributed by atoms with Crippen LogP contribution in [0.2, 0.25) is 5.02 Å². The molecule has 2 aromatic rings. The van der Waals surface area contributed by atoms with E-state index in [4.69, 9.17) is 16.3 Å². The highest BCUT2D eigenvalue weighted by atomic mass is 35.5. The predicted octanol–water partition coefficient (Wildman–Crippen LogP) is 2.33. The van der Waals surface area contributed by atoms with E-state index in [0.717, 1.165) is 12.3 Å². The van der Waals surface area contributed by atoms with Gasteiger partial charge in [0.15, 0.2) is 16.4 Å². The van der Waals surface area contributed by atoms with Gasteiger partial charge in [-0.05, 0) is 37.5 Å². The van der Waals surface area contributed by atoms with E-state index in [9.17, 15) is 22.7 Å². The molecule has 0 radical (unpaired) electrons. The highest BCUT2D eigenvalue weighted by Gasteiger charge is 2.69. The number of aliphatic hydroxyl groups excluding tert-OH is 1. The van der Waals surface area contributed by atoms with E-state index < -0.39 is 21.9 Å². The first kappa shape index (κ1) is 22.0. The van der Waals surface area contributed by atoms with E-state index in [-0.39, 0.29) is 39.3 Å². The zero-order valence-electron chi connectivity index (χ0n) is 16.7. The molecule has 3 aliphatic carbocycles. The summed E-state index contributed by atoms with van der Waals surface area (Å²) in [6, 6.07) is 10.3. The van der Waals surface area contributed by atoms with Crippen LogP contribution in [0.1, 0.15) is 31.1 Å². The van der Waals surface area contributed by atoms with Crippen LogP contribution in [0.15, 0.2) is 47.4 Å². The Hall–Kier alpha value is -2.20. The lowest BCUT2D eigenvalue weighted by Gasteiger charge is -2.71. The Morgan fingerprint density at radius 1 is 1.23 bits per heavy atom. The summed E-state index contributed by atoms with van der Waals surface area (Å²) < 4.78 is 42.7. The van der Waals surface area contributed by atoms with Gasteiger partial charge in [-0.25, -0.2) is 12.8 Å². The number of benzene rings is 2. The van der Waals surface area contributed by atoms with Crippen LogP contribution in [-0.4, -0.2) is 43.4 Å². The fourth-order valence-electron chi connectivity index (χ4n) is 4.53. The molecule has 1 atom stereocenters. The number of sulfone groups is 1. The van der Waals surface area contributed by atoms with Gasteiger partial charge >= 0.3 is 0 Å². The topological polar surface area (TPSA) is 105 Å². The molecule has 10 heteroatoms. The van der Waals surface area contributed by atoms with E-state index in [0.29, 0.717) is 24.8 Å². The molecular weight excluding hydrogens is 447 g/mol. The van der Waals surface area contributed by atoms with Gasteiger partial charge in [0.05, 0.1) is 9.92 Å². The number of carbonyl (C=O) groups is 1. The summed E-state index contributed by atoms with van der Waals surface area (Å²) >= 11 is 5.62. The monoisotopic (exact) mass is 468 g/mol. The van der Waals surface area contributed by atoms with Crippen molar-refractivity contribution in [1.82, 2.24) is 10.6 Å². The normalized spacial score (nSPS) is 25.2. The van der Waals surface area contributed by atoms with Crippen LogP contribution >= 0.6 is 11.6 Å². The van der Waals surface area contributed by atoms with Crippen molar-refractivity contribution in [3.63, 3.8) is 0 Å². The highest BCUT2D eigenvalue weighted by Crippen LogP contribution is 2.61. The molecule has 3 saturated carbocycles. The third-order valence-electron chi connectivity index (χ3n) is 5.75. The molecule has 5 rings (SSSR count). The number of halogens is 2. The molecule has 7 nitrogen and oxygen atoms in total. The molecule has 3 fully saturated rings. The molecule has 3 aliphatic rings. The molecule has 0 saturated heterocycles.